The summed E-state index contributed by atoms with van der Waals surface area (Å²) in [4.78, 5) is 34.2. The van der Waals surface area contributed by atoms with Crippen LogP contribution in [0.1, 0.15) is 34.2 Å². The topological polar surface area (TPSA) is 62.3 Å². The van der Waals surface area contributed by atoms with Gasteiger partial charge in [-0.15, -0.1) is 22.7 Å². The second-order valence-electron chi connectivity index (χ2n) is 6.97. The van der Waals surface area contributed by atoms with Gasteiger partial charge >= 0.3 is 0 Å². The first-order valence-corrected chi connectivity index (χ1v) is 10.9. The van der Waals surface area contributed by atoms with Crippen LogP contribution in [0.4, 0.5) is 10.8 Å². The molecule has 2 atom stereocenters. The van der Waals surface area contributed by atoms with Crippen LogP contribution in [-0.2, 0) is 9.59 Å². The molecule has 144 valence electrons. The minimum atomic E-state index is -0.332. The van der Waals surface area contributed by atoms with E-state index < -0.39 is 0 Å². The van der Waals surface area contributed by atoms with Crippen LogP contribution >= 0.6 is 22.7 Å². The van der Waals surface area contributed by atoms with Gasteiger partial charge in [-0.2, -0.15) is 0 Å². The number of thiophene rings is 1. The fourth-order valence-electron chi connectivity index (χ4n) is 3.57. The van der Waals surface area contributed by atoms with Crippen molar-refractivity contribution >= 4 is 45.3 Å². The number of hydrogen-bond acceptors (Lipinski definition) is 5. The molecule has 0 aliphatic carbocycles. The maximum absolute atomic E-state index is 13.1. The van der Waals surface area contributed by atoms with E-state index in [0.717, 1.165) is 21.0 Å². The van der Waals surface area contributed by atoms with E-state index in [4.69, 9.17) is 0 Å². The van der Waals surface area contributed by atoms with Gasteiger partial charge in [0.15, 0.2) is 5.13 Å². The molecule has 3 aromatic rings. The normalized spacial score (nSPS) is 19.6. The van der Waals surface area contributed by atoms with Gasteiger partial charge in [0.2, 0.25) is 11.8 Å². The number of piperidine rings is 1. The molecule has 0 saturated carbocycles. The van der Waals surface area contributed by atoms with Gasteiger partial charge in [-0.05, 0) is 43.8 Å². The predicted octanol–water partition coefficient (Wildman–Crippen LogP) is 4.94. The lowest BCUT2D eigenvalue weighted by Crippen LogP contribution is -2.46. The zero-order chi connectivity index (χ0) is 19.7. The molecule has 4 rings (SSSR count). The largest absolute Gasteiger partial charge is 0.303 e. The Morgan fingerprint density at radius 2 is 2.00 bits per heavy atom. The molecule has 1 aromatic carbocycles. The Kier molecular flexibility index (Phi) is 5.28. The fourth-order valence-corrected chi connectivity index (χ4v) is 5.12. The van der Waals surface area contributed by atoms with Crippen molar-refractivity contribution in [3.63, 3.8) is 0 Å². The molecule has 0 radical (unpaired) electrons. The van der Waals surface area contributed by atoms with Gasteiger partial charge in [0.1, 0.15) is 0 Å². The summed E-state index contributed by atoms with van der Waals surface area (Å²) < 4.78 is 0. The lowest BCUT2D eigenvalue weighted by molar-refractivity contribution is -0.125. The number of thiazole rings is 1. The van der Waals surface area contributed by atoms with E-state index in [1.807, 2.05) is 55.6 Å². The van der Waals surface area contributed by atoms with Crippen LogP contribution in [0.15, 0.2) is 48.0 Å². The molecule has 2 aromatic heterocycles. The number of nitrogens with zero attached hydrogens (tertiary/aromatic N) is 2. The molecule has 1 aliphatic rings. The zero-order valence-corrected chi connectivity index (χ0v) is 17.3. The highest BCUT2D eigenvalue weighted by Gasteiger charge is 2.42. The Morgan fingerprint density at radius 3 is 2.64 bits per heavy atom. The summed E-state index contributed by atoms with van der Waals surface area (Å²) in [6, 6.07) is 11.6. The fraction of sp³-hybridized carbons (Fsp3) is 0.286. The molecule has 1 saturated heterocycles. The molecular formula is C21H21N3O2S2. The third-order valence-electron chi connectivity index (χ3n) is 4.93. The first-order valence-electron chi connectivity index (χ1n) is 9.18. The molecule has 2 amide bonds. The molecule has 28 heavy (non-hydrogen) atoms. The number of aryl methyl sites for hydroxylation is 2. The van der Waals surface area contributed by atoms with E-state index in [2.05, 4.69) is 10.3 Å². The number of carbonyl (C=O) groups excluding carboxylic acids is 2. The van der Waals surface area contributed by atoms with Gasteiger partial charge in [0.25, 0.3) is 0 Å². The summed E-state index contributed by atoms with van der Waals surface area (Å²) in [5.74, 6) is -0.365. The Bertz CT molecular complexity index is 980. The third kappa shape index (κ3) is 3.72. The smallest absolute Gasteiger partial charge is 0.231 e. The summed E-state index contributed by atoms with van der Waals surface area (Å²) in [6.07, 6.45) is 2.63. The molecule has 0 bridgehead atoms. The number of nitrogens with one attached hydrogen (secondary N) is 1. The minimum absolute atomic E-state index is 0.0522. The number of carbonyl (C=O) groups is 2. The van der Waals surface area contributed by atoms with Gasteiger partial charge in [0, 0.05) is 28.1 Å². The first-order chi connectivity index (χ1) is 13.5. The molecular weight excluding hydrogens is 390 g/mol. The summed E-state index contributed by atoms with van der Waals surface area (Å²) in [5.41, 5.74) is 1.96. The van der Waals surface area contributed by atoms with Crippen LogP contribution in [0.5, 0.6) is 0 Å². The highest BCUT2D eigenvalue weighted by Crippen LogP contribution is 2.42. The van der Waals surface area contributed by atoms with Crippen LogP contribution in [0.25, 0.3) is 0 Å². The van der Waals surface area contributed by atoms with E-state index in [0.29, 0.717) is 18.0 Å². The number of aromatic nitrogens is 1. The van der Waals surface area contributed by atoms with Gasteiger partial charge in [-0.3, -0.25) is 9.59 Å². The van der Waals surface area contributed by atoms with Crippen molar-refractivity contribution in [1.29, 1.82) is 0 Å². The van der Waals surface area contributed by atoms with E-state index >= 15 is 0 Å². The molecule has 3 heterocycles. The maximum atomic E-state index is 13.1. The molecule has 1 N–H and O–H groups in total. The van der Waals surface area contributed by atoms with E-state index in [9.17, 15) is 9.59 Å². The summed E-state index contributed by atoms with van der Waals surface area (Å²) in [6.45, 7) is 3.98. The number of benzene rings is 1. The monoisotopic (exact) mass is 411 g/mol. The van der Waals surface area contributed by atoms with Crippen molar-refractivity contribution in [3.8, 4) is 0 Å². The first kappa shape index (κ1) is 18.8. The Labute approximate surface area is 172 Å². The molecule has 1 fully saturated rings. The van der Waals surface area contributed by atoms with Crippen molar-refractivity contribution < 1.29 is 9.59 Å². The molecule has 7 heteroatoms. The van der Waals surface area contributed by atoms with Crippen molar-refractivity contribution in [2.45, 2.75) is 32.7 Å². The Balaban J connectivity index is 1.70. The predicted molar refractivity (Wildman–Crippen MR) is 114 cm³/mol. The lowest BCUT2D eigenvalue weighted by atomic mass is 9.86. The van der Waals surface area contributed by atoms with E-state index in [-0.39, 0.29) is 23.8 Å². The highest BCUT2D eigenvalue weighted by molar-refractivity contribution is 7.15. The standard InChI is InChI=1S/C21H21N3O2S2/c1-13-5-7-15(8-6-13)24-18(25)10-9-16(19(24)17-4-3-11-27-17)20(26)23-21-22-12-14(2)28-21/h3-8,11-12,16,19H,9-10H2,1-2H3,(H,22,23,26). The quantitative estimate of drug-likeness (QED) is 0.661. The molecule has 2 unspecified atom stereocenters. The lowest BCUT2D eigenvalue weighted by Gasteiger charge is -2.40. The van der Waals surface area contributed by atoms with Crippen molar-refractivity contribution in [3.05, 3.63) is 63.3 Å². The van der Waals surface area contributed by atoms with Crippen molar-refractivity contribution in [2.24, 2.45) is 5.92 Å². The van der Waals surface area contributed by atoms with E-state index in [1.165, 1.54) is 11.3 Å². The maximum Gasteiger partial charge on any atom is 0.231 e. The molecule has 0 spiro atoms. The van der Waals surface area contributed by atoms with Crippen molar-refractivity contribution in [2.75, 3.05) is 10.2 Å². The Hall–Kier alpha value is -2.51. The average molecular weight is 412 g/mol. The van der Waals surface area contributed by atoms with Crippen LogP contribution in [0, 0.1) is 19.8 Å². The summed E-state index contributed by atoms with van der Waals surface area (Å²) >= 11 is 3.03. The second-order valence-corrected chi connectivity index (χ2v) is 9.18. The number of anilines is 2. The second kappa shape index (κ2) is 7.85. The number of amides is 2. The van der Waals surface area contributed by atoms with Crippen molar-refractivity contribution in [1.82, 2.24) is 4.98 Å². The number of rotatable bonds is 4. The van der Waals surface area contributed by atoms with Gasteiger partial charge in [-0.25, -0.2) is 4.98 Å². The van der Waals surface area contributed by atoms with E-state index in [1.54, 1.807) is 22.4 Å². The molecule has 1 aliphatic heterocycles. The highest BCUT2D eigenvalue weighted by atomic mass is 32.1. The van der Waals surface area contributed by atoms with Crippen LogP contribution in [-0.4, -0.2) is 16.8 Å². The van der Waals surface area contributed by atoms with Crippen LogP contribution < -0.4 is 10.2 Å². The number of hydrogen-bond donors (Lipinski definition) is 1. The van der Waals surface area contributed by atoms with Crippen LogP contribution in [0.3, 0.4) is 0 Å². The van der Waals surface area contributed by atoms with Gasteiger partial charge in [0.05, 0.1) is 12.0 Å². The Morgan fingerprint density at radius 1 is 1.21 bits per heavy atom. The zero-order valence-electron chi connectivity index (χ0n) is 15.7. The SMILES string of the molecule is Cc1ccc(N2C(=O)CCC(C(=O)Nc3ncc(C)s3)C2c2cccs2)cc1. The van der Waals surface area contributed by atoms with Crippen LogP contribution in [0.2, 0.25) is 0 Å². The van der Waals surface area contributed by atoms with Gasteiger partial charge < -0.3 is 10.2 Å². The summed E-state index contributed by atoms with van der Waals surface area (Å²) in [7, 11) is 0. The van der Waals surface area contributed by atoms with Gasteiger partial charge in [-0.1, -0.05) is 23.8 Å². The minimum Gasteiger partial charge on any atom is -0.303 e. The molecule has 5 nitrogen and oxygen atoms in total. The summed E-state index contributed by atoms with van der Waals surface area (Å²) in [5, 5.41) is 5.55. The average Bonchev–Trinajstić information content (AvgIpc) is 3.34. The third-order valence-corrected chi connectivity index (χ3v) is 6.70.